The molecule has 5 heteroatoms. The lowest BCUT2D eigenvalue weighted by molar-refractivity contribution is -0.117. The number of nitrogens with zero attached hydrogens (tertiary/aromatic N) is 1. The molecule has 1 heterocycles. The van der Waals surface area contributed by atoms with E-state index in [1.165, 1.54) is 38.8 Å². The van der Waals surface area contributed by atoms with Gasteiger partial charge in [0.2, 0.25) is 5.91 Å². The summed E-state index contributed by atoms with van der Waals surface area (Å²) in [6.45, 7) is 6.24. The predicted octanol–water partition coefficient (Wildman–Crippen LogP) is 3.88. The van der Waals surface area contributed by atoms with Crippen LogP contribution < -0.4 is 14.8 Å². The second kappa shape index (κ2) is 10.5. The Balaban J connectivity index is 1.49. The molecule has 1 aliphatic carbocycles. The molecule has 0 unspecified atom stereocenters. The number of rotatable bonds is 8. The van der Waals surface area contributed by atoms with Gasteiger partial charge in [-0.05, 0) is 81.3 Å². The third-order valence-electron chi connectivity index (χ3n) is 5.84. The van der Waals surface area contributed by atoms with Gasteiger partial charge < -0.3 is 14.8 Å². The van der Waals surface area contributed by atoms with Crippen molar-refractivity contribution in [2.45, 2.75) is 51.5 Å². The average Bonchev–Trinajstić information content (AvgIpc) is 3.22. The molecule has 1 aromatic carbocycles. The monoisotopic (exact) mass is 386 g/mol. The third-order valence-corrected chi connectivity index (χ3v) is 5.84. The summed E-state index contributed by atoms with van der Waals surface area (Å²) >= 11 is 0. The Morgan fingerprint density at radius 2 is 1.93 bits per heavy atom. The number of ether oxygens (including phenoxy) is 2. The highest BCUT2D eigenvalue weighted by Gasteiger charge is 2.18. The first kappa shape index (κ1) is 20.7. The van der Waals surface area contributed by atoms with Crippen molar-refractivity contribution in [3.63, 3.8) is 0 Å². The van der Waals surface area contributed by atoms with Crippen LogP contribution >= 0.6 is 0 Å². The fraction of sp³-hybridized carbons (Fsp3) is 0.609. The molecule has 0 spiro atoms. The average molecular weight is 387 g/mol. The van der Waals surface area contributed by atoms with Gasteiger partial charge in [0.05, 0.1) is 7.11 Å². The van der Waals surface area contributed by atoms with Crippen LogP contribution in [-0.4, -0.2) is 50.2 Å². The van der Waals surface area contributed by atoms with Gasteiger partial charge in [-0.3, -0.25) is 9.69 Å². The van der Waals surface area contributed by atoms with Gasteiger partial charge in [0.15, 0.2) is 11.5 Å². The lowest BCUT2D eigenvalue weighted by Gasteiger charge is -2.26. The molecule has 1 saturated heterocycles. The number of hydrogen-bond acceptors (Lipinski definition) is 4. The van der Waals surface area contributed by atoms with Crippen LogP contribution in [0.3, 0.4) is 0 Å². The number of methoxy groups -OCH3 is 1. The van der Waals surface area contributed by atoms with E-state index in [9.17, 15) is 4.79 Å². The summed E-state index contributed by atoms with van der Waals surface area (Å²) in [5.74, 6) is 2.21. The zero-order chi connectivity index (χ0) is 19.8. The summed E-state index contributed by atoms with van der Waals surface area (Å²) in [5, 5.41) is 3.12. The van der Waals surface area contributed by atoms with Crippen molar-refractivity contribution in [1.82, 2.24) is 10.2 Å². The van der Waals surface area contributed by atoms with E-state index in [0.29, 0.717) is 18.4 Å². The van der Waals surface area contributed by atoms with Crippen LogP contribution in [0.5, 0.6) is 11.5 Å². The van der Waals surface area contributed by atoms with Gasteiger partial charge in [-0.15, -0.1) is 0 Å². The number of likely N-dealkylation sites (tertiary alicyclic amines) is 1. The van der Waals surface area contributed by atoms with E-state index in [2.05, 4.69) is 17.1 Å². The van der Waals surface area contributed by atoms with E-state index in [0.717, 1.165) is 36.6 Å². The standard InChI is InChI=1S/C23H34N2O3/c1-18-5-9-20(10-6-18)24-23(26)12-8-19-7-11-21(22(17-19)27-2)28-16-15-25-13-3-4-14-25/h7-8,11-12,17-18,20H,3-6,9-10,13-16H2,1-2H3,(H,24,26)/b12-8+/t18-,20-. The van der Waals surface area contributed by atoms with Crippen molar-refractivity contribution in [3.8, 4) is 11.5 Å². The van der Waals surface area contributed by atoms with Crippen molar-refractivity contribution in [2.75, 3.05) is 33.4 Å². The van der Waals surface area contributed by atoms with Crippen molar-refractivity contribution in [2.24, 2.45) is 5.92 Å². The van der Waals surface area contributed by atoms with Crippen molar-refractivity contribution < 1.29 is 14.3 Å². The Labute approximate surface area is 169 Å². The maximum Gasteiger partial charge on any atom is 0.244 e. The van der Waals surface area contributed by atoms with Crippen LogP contribution in [-0.2, 0) is 4.79 Å². The molecule has 0 bridgehead atoms. The molecular weight excluding hydrogens is 352 g/mol. The zero-order valence-corrected chi connectivity index (χ0v) is 17.3. The Hall–Kier alpha value is -2.01. The molecule has 1 amide bonds. The van der Waals surface area contributed by atoms with Crippen molar-refractivity contribution in [3.05, 3.63) is 29.8 Å². The van der Waals surface area contributed by atoms with Crippen LogP contribution in [0.4, 0.5) is 0 Å². The molecule has 0 radical (unpaired) electrons. The fourth-order valence-electron chi connectivity index (χ4n) is 4.02. The van der Waals surface area contributed by atoms with Gasteiger partial charge in [0.1, 0.15) is 6.61 Å². The van der Waals surface area contributed by atoms with E-state index in [1.54, 1.807) is 13.2 Å². The van der Waals surface area contributed by atoms with Gasteiger partial charge in [0, 0.05) is 18.7 Å². The molecule has 154 valence electrons. The number of amides is 1. The Morgan fingerprint density at radius 3 is 2.64 bits per heavy atom. The first-order valence-corrected chi connectivity index (χ1v) is 10.7. The molecule has 5 nitrogen and oxygen atoms in total. The smallest absolute Gasteiger partial charge is 0.244 e. The second-order valence-electron chi connectivity index (χ2n) is 8.11. The third kappa shape index (κ3) is 6.26. The van der Waals surface area contributed by atoms with Gasteiger partial charge in [-0.1, -0.05) is 13.0 Å². The van der Waals surface area contributed by atoms with Crippen LogP contribution in [0.15, 0.2) is 24.3 Å². The minimum Gasteiger partial charge on any atom is -0.493 e. The topological polar surface area (TPSA) is 50.8 Å². The van der Waals surface area contributed by atoms with E-state index < -0.39 is 0 Å². The maximum atomic E-state index is 12.2. The summed E-state index contributed by atoms with van der Waals surface area (Å²) < 4.78 is 11.4. The van der Waals surface area contributed by atoms with Crippen LogP contribution in [0.2, 0.25) is 0 Å². The van der Waals surface area contributed by atoms with E-state index in [1.807, 2.05) is 24.3 Å². The second-order valence-corrected chi connectivity index (χ2v) is 8.11. The predicted molar refractivity (Wildman–Crippen MR) is 113 cm³/mol. The zero-order valence-electron chi connectivity index (χ0n) is 17.3. The molecule has 1 aliphatic heterocycles. The van der Waals surface area contributed by atoms with Crippen LogP contribution in [0.1, 0.15) is 51.0 Å². The molecule has 28 heavy (non-hydrogen) atoms. The summed E-state index contributed by atoms with van der Waals surface area (Å²) in [6.07, 6.45) is 10.6. The number of nitrogens with one attached hydrogen (secondary N) is 1. The van der Waals surface area contributed by atoms with Crippen LogP contribution in [0.25, 0.3) is 6.08 Å². The number of hydrogen-bond donors (Lipinski definition) is 1. The van der Waals surface area contributed by atoms with Gasteiger partial charge in [-0.2, -0.15) is 0 Å². The first-order chi connectivity index (χ1) is 13.6. The molecular formula is C23H34N2O3. The molecule has 3 rings (SSSR count). The Bertz CT molecular complexity index is 660. The molecule has 0 atom stereocenters. The lowest BCUT2D eigenvalue weighted by Crippen LogP contribution is -2.36. The highest BCUT2D eigenvalue weighted by Crippen LogP contribution is 2.29. The van der Waals surface area contributed by atoms with Crippen LogP contribution in [0, 0.1) is 5.92 Å². The Kier molecular flexibility index (Phi) is 7.78. The summed E-state index contributed by atoms with van der Waals surface area (Å²) in [5.41, 5.74) is 0.927. The summed E-state index contributed by atoms with van der Waals surface area (Å²) in [6, 6.07) is 6.11. The van der Waals surface area contributed by atoms with E-state index in [-0.39, 0.29) is 5.91 Å². The summed E-state index contributed by atoms with van der Waals surface area (Å²) in [4.78, 5) is 14.6. The van der Waals surface area contributed by atoms with Gasteiger partial charge in [-0.25, -0.2) is 0 Å². The number of benzene rings is 1. The number of carbonyl (C=O) groups excluding carboxylic acids is 1. The lowest BCUT2D eigenvalue weighted by atomic mass is 9.87. The molecule has 2 fully saturated rings. The van der Waals surface area contributed by atoms with Crippen molar-refractivity contribution >= 4 is 12.0 Å². The SMILES string of the molecule is COc1cc(/C=C/C(=O)N[C@H]2CC[C@H](C)CC2)ccc1OCCN1CCCC1. The van der Waals surface area contributed by atoms with Crippen molar-refractivity contribution in [1.29, 1.82) is 0 Å². The highest BCUT2D eigenvalue weighted by atomic mass is 16.5. The molecule has 1 N–H and O–H groups in total. The quantitative estimate of drug-likeness (QED) is 0.689. The highest BCUT2D eigenvalue weighted by molar-refractivity contribution is 5.92. The molecule has 1 saturated carbocycles. The van der Waals surface area contributed by atoms with Gasteiger partial charge in [0.25, 0.3) is 0 Å². The molecule has 1 aromatic rings. The van der Waals surface area contributed by atoms with E-state index in [4.69, 9.17) is 9.47 Å². The number of carbonyl (C=O) groups is 1. The normalized spacial score (nSPS) is 23.1. The largest absolute Gasteiger partial charge is 0.493 e. The minimum absolute atomic E-state index is 0.0236. The molecule has 0 aromatic heterocycles. The molecule has 2 aliphatic rings. The first-order valence-electron chi connectivity index (χ1n) is 10.7. The minimum atomic E-state index is -0.0236. The fourth-order valence-corrected chi connectivity index (χ4v) is 4.02. The Morgan fingerprint density at radius 1 is 1.18 bits per heavy atom. The van der Waals surface area contributed by atoms with E-state index >= 15 is 0 Å². The summed E-state index contributed by atoms with van der Waals surface area (Å²) in [7, 11) is 1.65. The maximum absolute atomic E-state index is 12.2. The van der Waals surface area contributed by atoms with Gasteiger partial charge >= 0.3 is 0 Å².